The summed E-state index contributed by atoms with van der Waals surface area (Å²) in [7, 11) is -3.50. The summed E-state index contributed by atoms with van der Waals surface area (Å²) in [5, 5.41) is 9.68. The highest BCUT2D eigenvalue weighted by atomic mass is 32.2. The minimum absolute atomic E-state index is 0.0212. The van der Waals surface area contributed by atoms with Gasteiger partial charge in [0.1, 0.15) is 15.0 Å². The van der Waals surface area contributed by atoms with Gasteiger partial charge in [-0.05, 0) is 43.5 Å². The molecular weight excluding hydrogens is 417 g/mol. The van der Waals surface area contributed by atoms with E-state index in [9.17, 15) is 12.8 Å². The van der Waals surface area contributed by atoms with Gasteiger partial charge in [0, 0.05) is 29.4 Å². The van der Waals surface area contributed by atoms with Crippen LogP contribution in [0.4, 0.5) is 4.39 Å². The maximum Gasteiger partial charge on any atom is 0.252 e. The first-order valence-corrected chi connectivity index (χ1v) is 12.2. The molecule has 0 aliphatic carbocycles. The predicted octanol–water partition coefficient (Wildman–Crippen LogP) is 4.54. The SMILES string of the molecule is CCc1ccc(S(=O)(=O)N2CCC[C@@H](c3nnc(-c4ccccc4F)s3)C2)s1. The van der Waals surface area contributed by atoms with Crippen LogP contribution in [-0.4, -0.2) is 36.0 Å². The number of aromatic nitrogens is 2. The van der Waals surface area contributed by atoms with Crippen molar-refractivity contribution < 1.29 is 12.8 Å². The van der Waals surface area contributed by atoms with E-state index >= 15 is 0 Å². The van der Waals surface area contributed by atoms with Crippen LogP contribution < -0.4 is 0 Å². The van der Waals surface area contributed by atoms with Crippen LogP contribution in [-0.2, 0) is 16.4 Å². The lowest BCUT2D eigenvalue weighted by molar-refractivity contribution is 0.315. The lowest BCUT2D eigenvalue weighted by Gasteiger charge is -2.30. The number of hydrogen-bond donors (Lipinski definition) is 0. The number of benzene rings is 1. The lowest BCUT2D eigenvalue weighted by atomic mass is 10.0. The molecule has 3 heterocycles. The third kappa shape index (κ3) is 3.76. The van der Waals surface area contributed by atoms with Gasteiger partial charge in [0.05, 0.1) is 0 Å². The first-order valence-electron chi connectivity index (χ1n) is 9.16. The molecule has 1 aliphatic rings. The summed E-state index contributed by atoms with van der Waals surface area (Å²) in [6.07, 6.45) is 2.44. The average molecular weight is 438 g/mol. The molecule has 0 amide bonds. The van der Waals surface area contributed by atoms with Gasteiger partial charge in [-0.15, -0.1) is 21.5 Å². The molecule has 1 aliphatic heterocycles. The molecule has 0 unspecified atom stereocenters. The van der Waals surface area contributed by atoms with E-state index in [0.29, 0.717) is 27.9 Å². The Bertz CT molecular complexity index is 1080. The van der Waals surface area contributed by atoms with Crippen molar-refractivity contribution in [1.82, 2.24) is 14.5 Å². The van der Waals surface area contributed by atoms with Crippen molar-refractivity contribution in [3.8, 4) is 10.6 Å². The Kier molecular flexibility index (Phi) is 5.59. The van der Waals surface area contributed by atoms with E-state index < -0.39 is 10.0 Å². The van der Waals surface area contributed by atoms with Gasteiger partial charge in [0.25, 0.3) is 10.0 Å². The van der Waals surface area contributed by atoms with Gasteiger partial charge in [-0.2, -0.15) is 4.31 Å². The fraction of sp³-hybridized carbons (Fsp3) is 0.368. The topological polar surface area (TPSA) is 63.2 Å². The summed E-state index contributed by atoms with van der Waals surface area (Å²) >= 11 is 2.68. The quantitative estimate of drug-likeness (QED) is 0.588. The normalized spacial score (nSPS) is 18.4. The molecule has 3 aromatic rings. The Hall–Kier alpha value is -1.68. The van der Waals surface area contributed by atoms with Gasteiger partial charge in [-0.1, -0.05) is 30.4 Å². The maximum atomic E-state index is 14.0. The number of halogens is 1. The maximum absolute atomic E-state index is 14.0. The number of sulfonamides is 1. The molecule has 0 bridgehead atoms. The number of piperidine rings is 1. The molecule has 0 N–H and O–H groups in total. The molecule has 1 saturated heterocycles. The monoisotopic (exact) mass is 437 g/mol. The zero-order valence-electron chi connectivity index (χ0n) is 15.3. The van der Waals surface area contributed by atoms with E-state index in [4.69, 9.17) is 0 Å². The van der Waals surface area contributed by atoms with Crippen LogP contribution in [0.3, 0.4) is 0 Å². The Morgan fingerprint density at radius 2 is 2.00 bits per heavy atom. The van der Waals surface area contributed by atoms with E-state index in [1.54, 1.807) is 28.6 Å². The van der Waals surface area contributed by atoms with Crippen molar-refractivity contribution in [3.63, 3.8) is 0 Å². The number of aryl methyl sites for hydroxylation is 1. The second kappa shape index (κ2) is 7.98. The van der Waals surface area contributed by atoms with Crippen LogP contribution in [0.2, 0.25) is 0 Å². The lowest BCUT2D eigenvalue weighted by Crippen LogP contribution is -2.38. The Morgan fingerprint density at radius 1 is 1.18 bits per heavy atom. The van der Waals surface area contributed by atoms with Crippen LogP contribution in [0.25, 0.3) is 10.6 Å². The molecule has 28 heavy (non-hydrogen) atoms. The highest BCUT2D eigenvalue weighted by Gasteiger charge is 2.33. The molecule has 4 rings (SSSR count). The minimum atomic E-state index is -3.50. The van der Waals surface area contributed by atoms with Gasteiger partial charge in [-0.25, -0.2) is 12.8 Å². The van der Waals surface area contributed by atoms with Crippen molar-refractivity contribution in [2.45, 2.75) is 36.3 Å². The number of hydrogen-bond acceptors (Lipinski definition) is 6. The first kappa shape index (κ1) is 19.6. The largest absolute Gasteiger partial charge is 0.252 e. The molecule has 2 aromatic heterocycles. The molecule has 9 heteroatoms. The molecular formula is C19H20FN3O2S3. The Labute approximate surface area is 171 Å². The van der Waals surface area contributed by atoms with Crippen molar-refractivity contribution in [2.24, 2.45) is 0 Å². The summed E-state index contributed by atoms with van der Waals surface area (Å²) < 4.78 is 42.0. The smallest absolute Gasteiger partial charge is 0.206 e. The van der Waals surface area contributed by atoms with Crippen molar-refractivity contribution in [1.29, 1.82) is 0 Å². The van der Waals surface area contributed by atoms with E-state index in [1.807, 2.05) is 13.0 Å². The van der Waals surface area contributed by atoms with Gasteiger partial charge in [0.15, 0.2) is 5.01 Å². The number of thiophene rings is 1. The average Bonchev–Trinajstić information content (AvgIpc) is 3.38. The summed E-state index contributed by atoms with van der Waals surface area (Å²) in [4.78, 5) is 1.06. The van der Waals surface area contributed by atoms with Gasteiger partial charge in [0.2, 0.25) is 0 Å². The number of nitrogens with zero attached hydrogens (tertiary/aromatic N) is 3. The van der Waals surface area contributed by atoms with Crippen molar-refractivity contribution in [3.05, 3.63) is 52.1 Å². The summed E-state index contributed by atoms with van der Waals surface area (Å²) in [6, 6.07) is 10.1. The fourth-order valence-corrected chi connectivity index (χ4v) is 7.29. The van der Waals surface area contributed by atoms with Gasteiger partial charge < -0.3 is 0 Å². The molecule has 1 atom stereocenters. The minimum Gasteiger partial charge on any atom is -0.206 e. The zero-order valence-corrected chi connectivity index (χ0v) is 17.8. The van der Waals surface area contributed by atoms with E-state index in [-0.39, 0.29) is 11.7 Å². The molecule has 5 nitrogen and oxygen atoms in total. The summed E-state index contributed by atoms with van der Waals surface area (Å²) in [6.45, 7) is 2.91. The standard InChI is InChI=1S/C19H20FN3O2S3/c1-2-14-9-10-17(26-14)28(24,25)23-11-5-6-13(12-23)18-21-22-19(27-18)15-7-3-4-8-16(15)20/h3-4,7-10,13H,2,5-6,11-12H2,1H3/t13-/m1/s1. The van der Waals surface area contributed by atoms with Crippen molar-refractivity contribution >= 4 is 32.7 Å². The van der Waals surface area contributed by atoms with Crippen LogP contribution in [0, 0.1) is 5.82 Å². The first-order chi connectivity index (χ1) is 13.5. The molecule has 1 aromatic carbocycles. The Balaban J connectivity index is 1.55. The van der Waals surface area contributed by atoms with Crippen LogP contribution >= 0.6 is 22.7 Å². The molecule has 0 spiro atoms. The van der Waals surface area contributed by atoms with E-state index in [1.165, 1.54) is 28.7 Å². The van der Waals surface area contributed by atoms with Crippen LogP contribution in [0.1, 0.15) is 35.6 Å². The van der Waals surface area contributed by atoms with E-state index in [2.05, 4.69) is 10.2 Å². The van der Waals surface area contributed by atoms with Gasteiger partial charge >= 0.3 is 0 Å². The molecule has 1 fully saturated rings. The van der Waals surface area contributed by atoms with Gasteiger partial charge in [-0.3, -0.25) is 0 Å². The summed E-state index contributed by atoms with van der Waals surface area (Å²) in [5.74, 6) is -0.352. The second-order valence-electron chi connectivity index (χ2n) is 6.70. The third-order valence-corrected chi connectivity index (χ3v) is 9.54. The zero-order chi connectivity index (χ0) is 19.7. The van der Waals surface area contributed by atoms with Crippen molar-refractivity contribution in [2.75, 3.05) is 13.1 Å². The molecule has 148 valence electrons. The highest BCUT2D eigenvalue weighted by Crippen LogP contribution is 2.36. The predicted molar refractivity (Wildman–Crippen MR) is 110 cm³/mol. The number of rotatable bonds is 5. The van der Waals surface area contributed by atoms with Crippen LogP contribution in [0.15, 0.2) is 40.6 Å². The fourth-order valence-electron chi connectivity index (χ4n) is 3.32. The molecule has 0 saturated carbocycles. The highest BCUT2D eigenvalue weighted by molar-refractivity contribution is 7.91. The Morgan fingerprint density at radius 3 is 2.75 bits per heavy atom. The van der Waals surface area contributed by atoms with E-state index in [0.717, 1.165) is 29.1 Å². The molecule has 0 radical (unpaired) electrons. The van der Waals surface area contributed by atoms with Crippen LogP contribution in [0.5, 0.6) is 0 Å². The summed E-state index contributed by atoms with van der Waals surface area (Å²) in [5.41, 5.74) is 0.428. The third-order valence-electron chi connectivity index (χ3n) is 4.86. The second-order valence-corrected chi connectivity index (χ2v) is 11.0.